The van der Waals surface area contributed by atoms with E-state index in [9.17, 15) is 0 Å². The molecule has 0 radical (unpaired) electrons. The Morgan fingerprint density at radius 1 is 1.10 bits per heavy atom. The fourth-order valence-corrected chi connectivity index (χ4v) is 6.04. The maximum absolute atomic E-state index is 6.51. The number of rotatable bonds is 3. The van der Waals surface area contributed by atoms with Gasteiger partial charge in [0, 0.05) is 30.5 Å². The minimum Gasteiger partial charge on any atom is -0.377 e. The Hall–Kier alpha value is -0.120. The number of nitrogens with zero attached hydrogens (tertiary/aromatic N) is 1. The van der Waals surface area contributed by atoms with Gasteiger partial charge in [-0.15, -0.1) is 0 Å². The summed E-state index contributed by atoms with van der Waals surface area (Å²) in [5.41, 5.74) is 0.583. The van der Waals surface area contributed by atoms with Crippen molar-refractivity contribution in [3.05, 3.63) is 0 Å². The van der Waals surface area contributed by atoms with Gasteiger partial charge in [-0.1, -0.05) is 26.7 Å². The van der Waals surface area contributed by atoms with E-state index in [0.29, 0.717) is 23.7 Å². The quantitative estimate of drug-likeness (QED) is 0.797. The van der Waals surface area contributed by atoms with Crippen LogP contribution in [0.15, 0.2) is 0 Å². The second kappa shape index (κ2) is 4.94. The Balaban J connectivity index is 1.37. The molecule has 0 aromatic heterocycles. The third kappa shape index (κ3) is 2.19. The van der Waals surface area contributed by atoms with E-state index in [2.05, 4.69) is 25.8 Å². The average molecular weight is 293 g/mol. The molecule has 0 amide bonds. The van der Waals surface area contributed by atoms with Gasteiger partial charge in [0.1, 0.15) is 0 Å². The van der Waals surface area contributed by atoms with Crippen LogP contribution in [0.3, 0.4) is 0 Å². The Morgan fingerprint density at radius 2 is 1.86 bits per heavy atom. The standard InChI is InChI=1S/C18H31NO2/c1-17(2)15(14-7-11-20-16(14)17)19(3)12-13-6-10-18(21-13)8-4-5-9-18/h13-16H,4-12H2,1-3H3. The molecule has 2 saturated carbocycles. The lowest BCUT2D eigenvalue weighted by Gasteiger charge is -2.58. The van der Waals surface area contributed by atoms with Crippen LogP contribution in [0.4, 0.5) is 0 Å². The lowest BCUT2D eigenvalue weighted by molar-refractivity contribution is -0.157. The molecule has 120 valence electrons. The van der Waals surface area contributed by atoms with Crippen molar-refractivity contribution in [1.29, 1.82) is 0 Å². The second-order valence-electron chi connectivity index (χ2n) is 8.62. The maximum atomic E-state index is 6.51. The summed E-state index contributed by atoms with van der Waals surface area (Å²) in [4.78, 5) is 2.59. The van der Waals surface area contributed by atoms with E-state index in [1.165, 1.54) is 44.9 Å². The monoisotopic (exact) mass is 293 g/mol. The van der Waals surface area contributed by atoms with E-state index in [4.69, 9.17) is 9.47 Å². The van der Waals surface area contributed by atoms with Gasteiger partial charge in [-0.05, 0) is 39.2 Å². The van der Waals surface area contributed by atoms with E-state index in [0.717, 1.165) is 19.1 Å². The minimum absolute atomic E-state index is 0.277. The first-order chi connectivity index (χ1) is 10.0. The van der Waals surface area contributed by atoms with Gasteiger partial charge in [0.25, 0.3) is 0 Å². The maximum Gasteiger partial charge on any atom is 0.0710 e. The van der Waals surface area contributed by atoms with Crippen LogP contribution in [-0.2, 0) is 9.47 Å². The molecule has 4 unspecified atom stereocenters. The van der Waals surface area contributed by atoms with E-state index in [1.807, 2.05) is 0 Å². The molecular weight excluding hydrogens is 262 g/mol. The summed E-state index contributed by atoms with van der Waals surface area (Å²) in [7, 11) is 2.31. The van der Waals surface area contributed by atoms with Crippen molar-refractivity contribution < 1.29 is 9.47 Å². The predicted octanol–water partition coefficient (Wildman–Crippen LogP) is 3.22. The summed E-state index contributed by atoms with van der Waals surface area (Å²) in [5.74, 6) is 0.756. The van der Waals surface area contributed by atoms with Crippen LogP contribution in [0, 0.1) is 11.3 Å². The molecule has 2 aliphatic heterocycles. The van der Waals surface area contributed by atoms with Crippen molar-refractivity contribution in [2.45, 2.75) is 82.6 Å². The van der Waals surface area contributed by atoms with Crippen LogP contribution in [0.25, 0.3) is 0 Å². The molecule has 0 aromatic carbocycles. The summed E-state index contributed by atoms with van der Waals surface area (Å²) >= 11 is 0. The minimum atomic E-state index is 0.277. The fourth-order valence-electron chi connectivity index (χ4n) is 6.04. The molecule has 4 rings (SSSR count). The molecule has 4 atom stereocenters. The van der Waals surface area contributed by atoms with Crippen molar-refractivity contribution in [3.8, 4) is 0 Å². The van der Waals surface area contributed by atoms with Gasteiger partial charge in [-0.3, -0.25) is 4.90 Å². The first kappa shape index (κ1) is 14.5. The van der Waals surface area contributed by atoms with Crippen LogP contribution >= 0.6 is 0 Å². The topological polar surface area (TPSA) is 21.7 Å². The van der Waals surface area contributed by atoms with Crippen molar-refractivity contribution in [1.82, 2.24) is 4.90 Å². The molecule has 1 spiro atoms. The van der Waals surface area contributed by atoms with Crippen molar-refractivity contribution in [2.24, 2.45) is 11.3 Å². The van der Waals surface area contributed by atoms with E-state index in [-0.39, 0.29) is 5.60 Å². The van der Waals surface area contributed by atoms with Gasteiger partial charge in [-0.2, -0.15) is 0 Å². The molecule has 21 heavy (non-hydrogen) atoms. The Bertz CT molecular complexity index is 402. The zero-order valence-corrected chi connectivity index (χ0v) is 13.9. The van der Waals surface area contributed by atoms with E-state index < -0.39 is 0 Å². The number of hydrogen-bond donors (Lipinski definition) is 0. The fraction of sp³-hybridized carbons (Fsp3) is 1.00. The molecule has 3 heteroatoms. The molecule has 0 bridgehead atoms. The number of ether oxygens (including phenoxy) is 2. The van der Waals surface area contributed by atoms with Crippen molar-refractivity contribution in [2.75, 3.05) is 20.2 Å². The molecule has 3 nitrogen and oxygen atoms in total. The largest absolute Gasteiger partial charge is 0.377 e. The summed E-state index contributed by atoms with van der Waals surface area (Å²) in [6.07, 6.45) is 10.1. The number of fused-ring (bicyclic) bond motifs is 1. The van der Waals surface area contributed by atoms with Crippen molar-refractivity contribution in [3.63, 3.8) is 0 Å². The van der Waals surface area contributed by atoms with Gasteiger partial charge in [0.15, 0.2) is 0 Å². The number of hydrogen-bond acceptors (Lipinski definition) is 3. The van der Waals surface area contributed by atoms with Gasteiger partial charge < -0.3 is 9.47 Å². The molecular formula is C18H31NO2. The van der Waals surface area contributed by atoms with Gasteiger partial charge in [0.2, 0.25) is 0 Å². The SMILES string of the molecule is CN(CC1CCC2(CCCC2)O1)C1C2CCOC2C1(C)C. The third-order valence-corrected chi connectivity index (χ3v) is 6.86. The van der Waals surface area contributed by atoms with E-state index >= 15 is 0 Å². The molecule has 2 aliphatic carbocycles. The summed E-state index contributed by atoms with van der Waals surface area (Å²) in [6.45, 7) is 6.84. The zero-order valence-electron chi connectivity index (χ0n) is 13.9. The van der Waals surface area contributed by atoms with Crippen molar-refractivity contribution >= 4 is 0 Å². The third-order valence-electron chi connectivity index (χ3n) is 6.86. The highest BCUT2D eigenvalue weighted by Crippen LogP contribution is 2.54. The second-order valence-corrected chi connectivity index (χ2v) is 8.62. The molecule has 2 heterocycles. The lowest BCUT2D eigenvalue weighted by Crippen LogP contribution is -2.66. The first-order valence-electron chi connectivity index (χ1n) is 9.02. The Labute approximate surface area is 129 Å². The molecule has 4 aliphatic rings. The summed E-state index contributed by atoms with van der Waals surface area (Å²) < 4.78 is 12.4. The molecule has 0 N–H and O–H groups in total. The molecule has 2 saturated heterocycles. The highest BCUT2D eigenvalue weighted by Gasteiger charge is 2.60. The van der Waals surface area contributed by atoms with Gasteiger partial charge in [-0.25, -0.2) is 0 Å². The Kier molecular flexibility index (Phi) is 3.40. The van der Waals surface area contributed by atoms with Gasteiger partial charge >= 0.3 is 0 Å². The smallest absolute Gasteiger partial charge is 0.0710 e. The van der Waals surface area contributed by atoms with Crippen LogP contribution in [0.2, 0.25) is 0 Å². The Morgan fingerprint density at radius 3 is 2.62 bits per heavy atom. The van der Waals surface area contributed by atoms with Crippen LogP contribution in [0.5, 0.6) is 0 Å². The molecule has 4 fully saturated rings. The van der Waals surface area contributed by atoms with Gasteiger partial charge in [0.05, 0.1) is 17.8 Å². The predicted molar refractivity (Wildman–Crippen MR) is 83.4 cm³/mol. The number of likely N-dealkylation sites (N-methyl/N-ethyl adjacent to an activating group) is 1. The van der Waals surface area contributed by atoms with Crippen LogP contribution < -0.4 is 0 Å². The average Bonchev–Trinajstić information content (AvgIpc) is 3.12. The van der Waals surface area contributed by atoms with Crippen LogP contribution in [-0.4, -0.2) is 49.0 Å². The van der Waals surface area contributed by atoms with Crippen LogP contribution in [0.1, 0.15) is 58.8 Å². The normalized spacial score (nSPS) is 43.4. The van der Waals surface area contributed by atoms with E-state index in [1.54, 1.807) is 0 Å². The summed E-state index contributed by atoms with van der Waals surface area (Å²) in [5, 5.41) is 0. The summed E-state index contributed by atoms with van der Waals surface area (Å²) in [6, 6.07) is 0.675. The highest BCUT2D eigenvalue weighted by molar-refractivity contribution is 5.11. The molecule has 0 aromatic rings. The lowest BCUT2D eigenvalue weighted by atomic mass is 9.57. The first-order valence-corrected chi connectivity index (χ1v) is 9.02. The zero-order chi connectivity index (χ0) is 14.7. The highest BCUT2D eigenvalue weighted by atomic mass is 16.5.